The predicted molar refractivity (Wildman–Crippen MR) is 76.0 cm³/mol. The van der Waals surface area contributed by atoms with Gasteiger partial charge in [-0.25, -0.2) is 4.98 Å². The largest absolute Gasteiger partial charge is 0.358 e. The van der Waals surface area contributed by atoms with Crippen LogP contribution in [0.4, 0.5) is 0 Å². The molecule has 0 spiro atoms. The van der Waals surface area contributed by atoms with Gasteiger partial charge < -0.3 is 9.88 Å². The molecule has 0 aromatic carbocycles. The SMILES string of the molecule is CNC(=O)Cn1cc(-c2ccnc3c2ccn3C)cn1. The monoisotopic (exact) mass is 269 g/mol. The summed E-state index contributed by atoms with van der Waals surface area (Å²) in [5.41, 5.74) is 2.98. The summed E-state index contributed by atoms with van der Waals surface area (Å²) in [7, 11) is 3.58. The molecule has 3 rings (SSSR count). The Morgan fingerprint density at radius 1 is 1.40 bits per heavy atom. The summed E-state index contributed by atoms with van der Waals surface area (Å²) in [5, 5.41) is 7.88. The van der Waals surface area contributed by atoms with Crippen molar-refractivity contribution in [3.8, 4) is 11.1 Å². The Kier molecular flexibility index (Phi) is 2.98. The molecule has 0 radical (unpaired) electrons. The molecule has 1 amide bonds. The number of amides is 1. The highest BCUT2D eigenvalue weighted by Crippen LogP contribution is 2.27. The maximum atomic E-state index is 11.4. The first-order valence-corrected chi connectivity index (χ1v) is 6.32. The van der Waals surface area contributed by atoms with E-state index in [1.165, 1.54) is 0 Å². The number of likely N-dealkylation sites (N-methyl/N-ethyl adjacent to an activating group) is 1. The summed E-state index contributed by atoms with van der Waals surface area (Å²) in [6.07, 6.45) is 7.41. The molecule has 0 aliphatic carbocycles. The average molecular weight is 269 g/mol. The molecule has 0 unspecified atom stereocenters. The molecular weight excluding hydrogens is 254 g/mol. The summed E-state index contributed by atoms with van der Waals surface area (Å²) in [6, 6.07) is 4.00. The van der Waals surface area contributed by atoms with Crippen LogP contribution in [-0.4, -0.2) is 32.3 Å². The van der Waals surface area contributed by atoms with Crippen molar-refractivity contribution < 1.29 is 4.79 Å². The molecule has 0 bridgehead atoms. The molecule has 102 valence electrons. The molecule has 0 aliphatic heterocycles. The van der Waals surface area contributed by atoms with Crippen LogP contribution in [0.1, 0.15) is 0 Å². The third-order valence-corrected chi connectivity index (χ3v) is 3.30. The van der Waals surface area contributed by atoms with Gasteiger partial charge >= 0.3 is 0 Å². The van der Waals surface area contributed by atoms with Gasteiger partial charge in [0, 0.05) is 43.6 Å². The Hall–Kier alpha value is -2.63. The molecule has 0 atom stereocenters. The number of hydrogen-bond donors (Lipinski definition) is 1. The van der Waals surface area contributed by atoms with Gasteiger partial charge in [0.05, 0.1) is 6.20 Å². The highest BCUT2D eigenvalue weighted by atomic mass is 16.1. The van der Waals surface area contributed by atoms with E-state index in [0.29, 0.717) is 0 Å². The van der Waals surface area contributed by atoms with Crippen molar-refractivity contribution >= 4 is 16.9 Å². The van der Waals surface area contributed by atoms with Crippen molar-refractivity contribution in [1.82, 2.24) is 24.6 Å². The molecular formula is C14H15N5O. The van der Waals surface area contributed by atoms with Crippen LogP contribution in [0.3, 0.4) is 0 Å². The van der Waals surface area contributed by atoms with E-state index in [9.17, 15) is 4.79 Å². The van der Waals surface area contributed by atoms with Gasteiger partial charge in [-0.1, -0.05) is 0 Å². The number of carbonyl (C=O) groups is 1. The van der Waals surface area contributed by atoms with Crippen molar-refractivity contribution in [2.24, 2.45) is 7.05 Å². The Balaban J connectivity index is 2.01. The second-order valence-corrected chi connectivity index (χ2v) is 4.62. The number of aryl methyl sites for hydroxylation is 1. The molecule has 0 fully saturated rings. The number of pyridine rings is 1. The number of aromatic nitrogens is 4. The van der Waals surface area contributed by atoms with Gasteiger partial charge in [-0.3, -0.25) is 9.48 Å². The minimum Gasteiger partial charge on any atom is -0.358 e. The quantitative estimate of drug-likeness (QED) is 0.776. The lowest BCUT2D eigenvalue weighted by atomic mass is 10.1. The maximum Gasteiger partial charge on any atom is 0.241 e. The van der Waals surface area contributed by atoms with Gasteiger partial charge in [0.25, 0.3) is 0 Å². The predicted octanol–water partition coefficient (Wildman–Crippen LogP) is 1.18. The first-order valence-electron chi connectivity index (χ1n) is 6.32. The lowest BCUT2D eigenvalue weighted by Crippen LogP contribution is -2.23. The van der Waals surface area contributed by atoms with Crippen LogP contribution in [0.25, 0.3) is 22.2 Å². The van der Waals surface area contributed by atoms with Crippen LogP contribution in [0.15, 0.2) is 36.9 Å². The normalized spacial score (nSPS) is 10.9. The minimum absolute atomic E-state index is 0.0702. The van der Waals surface area contributed by atoms with Gasteiger partial charge in [-0.05, 0) is 17.7 Å². The van der Waals surface area contributed by atoms with E-state index in [1.54, 1.807) is 24.1 Å². The average Bonchev–Trinajstić information content (AvgIpc) is 3.06. The first-order chi connectivity index (χ1) is 9.69. The van der Waals surface area contributed by atoms with Gasteiger partial charge in [0.2, 0.25) is 5.91 Å². The molecule has 0 saturated heterocycles. The van der Waals surface area contributed by atoms with Crippen molar-refractivity contribution in [1.29, 1.82) is 0 Å². The minimum atomic E-state index is -0.0702. The van der Waals surface area contributed by atoms with Crippen molar-refractivity contribution in [2.45, 2.75) is 6.54 Å². The highest BCUT2D eigenvalue weighted by molar-refractivity contribution is 5.92. The molecule has 1 N–H and O–H groups in total. The zero-order valence-corrected chi connectivity index (χ0v) is 11.4. The molecule has 3 aromatic heterocycles. The number of fused-ring (bicyclic) bond motifs is 1. The molecule has 0 aliphatic rings. The zero-order valence-electron chi connectivity index (χ0n) is 11.4. The van der Waals surface area contributed by atoms with Crippen LogP contribution >= 0.6 is 0 Å². The van der Waals surface area contributed by atoms with Crippen molar-refractivity contribution in [3.63, 3.8) is 0 Å². The lowest BCUT2D eigenvalue weighted by molar-refractivity contribution is -0.121. The number of rotatable bonds is 3. The molecule has 3 heterocycles. The number of carbonyl (C=O) groups excluding carboxylic acids is 1. The summed E-state index contributed by atoms with van der Waals surface area (Å²) >= 11 is 0. The fraction of sp³-hybridized carbons (Fsp3) is 0.214. The smallest absolute Gasteiger partial charge is 0.241 e. The van der Waals surface area contributed by atoms with E-state index >= 15 is 0 Å². The van der Waals surface area contributed by atoms with Crippen LogP contribution in [0.5, 0.6) is 0 Å². The second kappa shape index (κ2) is 4.80. The fourth-order valence-electron chi connectivity index (χ4n) is 2.23. The summed E-state index contributed by atoms with van der Waals surface area (Å²) < 4.78 is 3.61. The number of nitrogens with one attached hydrogen (secondary N) is 1. The van der Waals surface area contributed by atoms with E-state index in [1.807, 2.05) is 36.1 Å². The molecule has 6 nitrogen and oxygen atoms in total. The van der Waals surface area contributed by atoms with E-state index in [-0.39, 0.29) is 12.5 Å². The van der Waals surface area contributed by atoms with Crippen LogP contribution < -0.4 is 5.32 Å². The molecule has 20 heavy (non-hydrogen) atoms. The lowest BCUT2D eigenvalue weighted by Gasteiger charge is -2.01. The van der Waals surface area contributed by atoms with E-state index < -0.39 is 0 Å². The van der Waals surface area contributed by atoms with E-state index in [0.717, 1.165) is 22.2 Å². The fourth-order valence-corrected chi connectivity index (χ4v) is 2.23. The van der Waals surface area contributed by atoms with Crippen molar-refractivity contribution in [2.75, 3.05) is 7.05 Å². The van der Waals surface area contributed by atoms with E-state index in [4.69, 9.17) is 0 Å². The third-order valence-electron chi connectivity index (χ3n) is 3.30. The van der Waals surface area contributed by atoms with Crippen LogP contribution in [0.2, 0.25) is 0 Å². The van der Waals surface area contributed by atoms with Crippen LogP contribution in [0, 0.1) is 0 Å². The Bertz CT molecular complexity index is 771. The summed E-state index contributed by atoms with van der Waals surface area (Å²) in [6.45, 7) is 0.222. The third kappa shape index (κ3) is 2.05. The molecule has 3 aromatic rings. The van der Waals surface area contributed by atoms with Crippen LogP contribution in [-0.2, 0) is 18.4 Å². The van der Waals surface area contributed by atoms with E-state index in [2.05, 4.69) is 15.4 Å². The van der Waals surface area contributed by atoms with Gasteiger partial charge in [0.1, 0.15) is 12.2 Å². The zero-order chi connectivity index (χ0) is 14.1. The maximum absolute atomic E-state index is 11.4. The number of nitrogens with zero attached hydrogens (tertiary/aromatic N) is 4. The number of hydrogen-bond acceptors (Lipinski definition) is 3. The van der Waals surface area contributed by atoms with Gasteiger partial charge in [-0.2, -0.15) is 5.10 Å². The second-order valence-electron chi connectivity index (χ2n) is 4.62. The first kappa shape index (κ1) is 12.4. The van der Waals surface area contributed by atoms with Crippen molar-refractivity contribution in [3.05, 3.63) is 36.9 Å². The highest BCUT2D eigenvalue weighted by Gasteiger charge is 2.10. The topological polar surface area (TPSA) is 64.7 Å². The van der Waals surface area contributed by atoms with Gasteiger partial charge in [0.15, 0.2) is 0 Å². The molecule has 0 saturated carbocycles. The Morgan fingerprint density at radius 2 is 2.25 bits per heavy atom. The molecule has 6 heteroatoms. The summed E-state index contributed by atoms with van der Waals surface area (Å²) in [4.78, 5) is 15.7. The Labute approximate surface area is 116 Å². The van der Waals surface area contributed by atoms with Gasteiger partial charge in [-0.15, -0.1) is 0 Å². The Morgan fingerprint density at radius 3 is 3.05 bits per heavy atom. The standard InChI is InChI=1S/C14H15N5O/c1-15-13(20)9-19-8-10(7-17-19)11-3-5-16-14-12(11)4-6-18(14)2/h3-8H,9H2,1-2H3,(H,15,20). The summed E-state index contributed by atoms with van der Waals surface area (Å²) in [5.74, 6) is -0.0702.